The fourth-order valence-corrected chi connectivity index (χ4v) is 4.79. The number of carbonyl (C=O) groups excluding carboxylic acids is 2. The van der Waals surface area contributed by atoms with Crippen molar-refractivity contribution in [2.75, 3.05) is 0 Å². The summed E-state index contributed by atoms with van der Waals surface area (Å²) in [5.74, 6) is -0.237. The molecular formula is C15H14INO3. The van der Waals surface area contributed by atoms with Crippen molar-refractivity contribution in [3.05, 3.63) is 36.1 Å². The minimum atomic E-state index is -0.802. The third-order valence-electron chi connectivity index (χ3n) is 4.91. The average Bonchev–Trinajstić information content (AvgIpc) is 3.06. The first kappa shape index (κ1) is 12.8. The molecule has 104 valence electrons. The van der Waals surface area contributed by atoms with E-state index in [0.717, 1.165) is 18.5 Å². The topological polar surface area (TPSA) is 46.6 Å². The van der Waals surface area contributed by atoms with Crippen LogP contribution in [0.2, 0.25) is 0 Å². The van der Waals surface area contributed by atoms with Crippen molar-refractivity contribution in [3.63, 3.8) is 0 Å². The fourth-order valence-electron chi connectivity index (χ4n) is 3.65. The lowest BCUT2D eigenvalue weighted by molar-refractivity contribution is -0.141. The molecule has 0 saturated carbocycles. The Balaban J connectivity index is 1.85. The Morgan fingerprint density at radius 2 is 2.05 bits per heavy atom. The number of imide groups is 1. The quantitative estimate of drug-likeness (QED) is 0.302. The fraction of sp³-hybridized carbons (Fsp3) is 0.467. The molecule has 0 aromatic rings. The number of nitrogens with zero attached hydrogens (tertiary/aromatic N) is 1. The van der Waals surface area contributed by atoms with Gasteiger partial charge in [-0.05, 0) is 25.8 Å². The molecule has 2 saturated heterocycles. The third kappa shape index (κ3) is 1.18. The van der Waals surface area contributed by atoms with Gasteiger partial charge in [-0.3, -0.25) is 14.5 Å². The zero-order valence-corrected chi connectivity index (χ0v) is 13.2. The Morgan fingerprint density at radius 3 is 2.70 bits per heavy atom. The minimum Gasteiger partial charge on any atom is -0.364 e. The maximum absolute atomic E-state index is 12.9. The number of amides is 2. The third-order valence-corrected chi connectivity index (χ3v) is 7.11. The summed E-state index contributed by atoms with van der Waals surface area (Å²) in [6.07, 6.45) is 10.7. The molecule has 20 heavy (non-hydrogen) atoms. The second-order valence-corrected chi connectivity index (χ2v) is 7.55. The number of carbonyl (C=O) groups is 2. The number of alkyl halides is 1. The summed E-state index contributed by atoms with van der Waals surface area (Å²) in [7, 11) is 0. The van der Waals surface area contributed by atoms with Crippen LogP contribution in [0.3, 0.4) is 0 Å². The molecule has 3 aliphatic heterocycles. The van der Waals surface area contributed by atoms with Gasteiger partial charge in [0.25, 0.3) is 5.91 Å². The first-order chi connectivity index (χ1) is 9.51. The first-order valence-electron chi connectivity index (χ1n) is 6.78. The lowest BCUT2D eigenvalue weighted by Crippen LogP contribution is -2.50. The molecule has 2 fully saturated rings. The average molecular weight is 383 g/mol. The Kier molecular flexibility index (Phi) is 2.44. The summed E-state index contributed by atoms with van der Waals surface area (Å²) in [5, 5.41) is 0. The number of rotatable bonds is 1. The van der Waals surface area contributed by atoms with Crippen LogP contribution in [0.4, 0.5) is 0 Å². The standard InChI is InChI=1S/C15H14INO3/c1-14-10-7-8-11(20-10)15(14,16)13(19)17(12(14)18)9-5-3-2-4-6-9/h2-3,5,7-8,10-11H,4,6H2,1H3. The van der Waals surface area contributed by atoms with Crippen LogP contribution < -0.4 is 0 Å². The molecule has 2 amide bonds. The highest BCUT2D eigenvalue weighted by atomic mass is 127. The van der Waals surface area contributed by atoms with Crippen LogP contribution in [0.1, 0.15) is 19.8 Å². The van der Waals surface area contributed by atoms with Gasteiger partial charge in [-0.1, -0.05) is 46.9 Å². The van der Waals surface area contributed by atoms with Crippen LogP contribution >= 0.6 is 22.6 Å². The van der Waals surface area contributed by atoms with Crippen molar-refractivity contribution in [3.8, 4) is 0 Å². The molecule has 0 N–H and O–H groups in total. The van der Waals surface area contributed by atoms with Gasteiger partial charge < -0.3 is 4.74 Å². The number of hydrogen-bond donors (Lipinski definition) is 0. The molecule has 3 heterocycles. The predicted molar refractivity (Wildman–Crippen MR) is 81.0 cm³/mol. The second kappa shape index (κ2) is 3.82. The molecule has 5 heteroatoms. The molecule has 2 bridgehead atoms. The van der Waals surface area contributed by atoms with Crippen LogP contribution in [0.25, 0.3) is 0 Å². The summed E-state index contributed by atoms with van der Waals surface area (Å²) < 4.78 is 5.00. The van der Waals surface area contributed by atoms with Crippen molar-refractivity contribution >= 4 is 34.4 Å². The monoisotopic (exact) mass is 383 g/mol. The zero-order chi connectivity index (χ0) is 14.1. The van der Waals surface area contributed by atoms with E-state index in [-0.39, 0.29) is 24.0 Å². The van der Waals surface area contributed by atoms with E-state index in [9.17, 15) is 9.59 Å². The van der Waals surface area contributed by atoms with E-state index in [1.807, 2.05) is 37.3 Å². The summed E-state index contributed by atoms with van der Waals surface area (Å²) in [4.78, 5) is 27.3. The number of allylic oxidation sites excluding steroid dienone is 4. The van der Waals surface area contributed by atoms with E-state index in [4.69, 9.17) is 4.74 Å². The maximum Gasteiger partial charge on any atom is 0.253 e. The molecule has 0 aromatic heterocycles. The van der Waals surface area contributed by atoms with Gasteiger partial charge in [0.15, 0.2) is 0 Å². The van der Waals surface area contributed by atoms with Gasteiger partial charge in [0.05, 0.1) is 6.10 Å². The molecule has 4 rings (SSSR count). The highest BCUT2D eigenvalue weighted by Crippen LogP contribution is 2.62. The minimum absolute atomic E-state index is 0.115. The van der Waals surface area contributed by atoms with Crippen LogP contribution in [-0.2, 0) is 14.3 Å². The Labute approximate surface area is 130 Å². The van der Waals surface area contributed by atoms with E-state index in [1.54, 1.807) is 0 Å². The van der Waals surface area contributed by atoms with Crippen molar-refractivity contribution in [2.45, 2.75) is 35.4 Å². The molecular weight excluding hydrogens is 369 g/mol. The van der Waals surface area contributed by atoms with Crippen molar-refractivity contribution in [2.24, 2.45) is 5.41 Å². The van der Waals surface area contributed by atoms with Gasteiger partial charge >= 0.3 is 0 Å². The van der Waals surface area contributed by atoms with Gasteiger partial charge in [0.1, 0.15) is 14.9 Å². The lowest BCUT2D eigenvalue weighted by atomic mass is 9.72. The van der Waals surface area contributed by atoms with Gasteiger partial charge in [-0.25, -0.2) is 0 Å². The molecule has 0 spiro atoms. The van der Waals surface area contributed by atoms with Gasteiger partial charge in [-0.15, -0.1) is 0 Å². The van der Waals surface area contributed by atoms with Gasteiger partial charge in [0.2, 0.25) is 5.91 Å². The summed E-state index contributed by atoms with van der Waals surface area (Å²) >= 11 is 2.15. The number of hydrogen-bond acceptors (Lipinski definition) is 3. The SMILES string of the molecule is CC12C(=O)N(C3=CC=CCC3)C(=O)C1(I)C1C=CC2O1. The summed E-state index contributed by atoms with van der Waals surface area (Å²) in [6, 6.07) is 0. The van der Waals surface area contributed by atoms with E-state index >= 15 is 0 Å². The first-order valence-corrected chi connectivity index (χ1v) is 7.86. The molecule has 1 aliphatic carbocycles. The maximum atomic E-state index is 12.9. The van der Waals surface area contributed by atoms with Gasteiger partial charge in [0, 0.05) is 5.70 Å². The van der Waals surface area contributed by atoms with Crippen molar-refractivity contribution in [1.82, 2.24) is 4.90 Å². The molecule has 0 aromatic carbocycles. The number of ether oxygens (including phenoxy) is 1. The largest absolute Gasteiger partial charge is 0.364 e. The molecule has 4 atom stereocenters. The van der Waals surface area contributed by atoms with Crippen LogP contribution in [0, 0.1) is 5.41 Å². The molecule has 4 nitrogen and oxygen atoms in total. The molecule has 4 aliphatic rings. The number of halogens is 1. The van der Waals surface area contributed by atoms with E-state index < -0.39 is 8.84 Å². The Morgan fingerprint density at radius 1 is 1.30 bits per heavy atom. The predicted octanol–water partition coefficient (Wildman–Crippen LogP) is 2.11. The highest BCUT2D eigenvalue weighted by Gasteiger charge is 2.77. The van der Waals surface area contributed by atoms with Gasteiger partial charge in [-0.2, -0.15) is 0 Å². The van der Waals surface area contributed by atoms with Crippen LogP contribution in [0.15, 0.2) is 36.1 Å². The zero-order valence-electron chi connectivity index (χ0n) is 11.0. The number of likely N-dealkylation sites (tertiary alicyclic amines) is 1. The van der Waals surface area contributed by atoms with E-state index in [0.29, 0.717) is 0 Å². The highest BCUT2D eigenvalue weighted by molar-refractivity contribution is 14.1. The van der Waals surface area contributed by atoms with Crippen molar-refractivity contribution in [1.29, 1.82) is 0 Å². The summed E-state index contributed by atoms with van der Waals surface area (Å²) in [6.45, 7) is 1.87. The van der Waals surface area contributed by atoms with Crippen LogP contribution in [-0.4, -0.2) is 32.3 Å². The molecule has 4 unspecified atom stereocenters. The lowest BCUT2D eigenvalue weighted by Gasteiger charge is -2.31. The Hall–Kier alpha value is -0.950. The van der Waals surface area contributed by atoms with E-state index in [2.05, 4.69) is 22.6 Å². The number of fused-ring (bicyclic) bond motifs is 5. The normalized spacial score (nSPS) is 45.3. The summed E-state index contributed by atoms with van der Waals surface area (Å²) in [5.41, 5.74) is 0.0278. The Bertz CT molecular complexity index is 587. The van der Waals surface area contributed by atoms with E-state index in [1.165, 1.54) is 4.90 Å². The smallest absolute Gasteiger partial charge is 0.253 e. The van der Waals surface area contributed by atoms with Crippen LogP contribution in [0.5, 0.6) is 0 Å². The molecule has 0 radical (unpaired) electrons. The second-order valence-electron chi connectivity index (χ2n) is 5.85. The van der Waals surface area contributed by atoms with Crippen molar-refractivity contribution < 1.29 is 14.3 Å².